The second-order valence-corrected chi connectivity index (χ2v) is 7.03. The molecule has 0 saturated carbocycles. The molecule has 0 saturated heterocycles. The minimum atomic E-state index is -0.408. The first-order valence-electron chi connectivity index (χ1n) is 9.73. The lowest BCUT2D eigenvalue weighted by Gasteiger charge is -2.11. The van der Waals surface area contributed by atoms with Gasteiger partial charge in [0.05, 0.1) is 5.56 Å². The van der Waals surface area contributed by atoms with Gasteiger partial charge in [0.2, 0.25) is 0 Å². The van der Waals surface area contributed by atoms with Crippen LogP contribution in [-0.2, 0) is 12.8 Å². The van der Waals surface area contributed by atoms with E-state index in [0.717, 1.165) is 48.6 Å². The van der Waals surface area contributed by atoms with Crippen LogP contribution in [0, 0.1) is 0 Å². The Balaban J connectivity index is 2.05. The minimum Gasteiger partial charge on any atom is -0.508 e. The van der Waals surface area contributed by atoms with Crippen molar-refractivity contribution in [3.63, 3.8) is 0 Å². The van der Waals surface area contributed by atoms with Gasteiger partial charge in [0, 0.05) is 18.6 Å². The molecule has 5 heteroatoms. The predicted octanol–water partition coefficient (Wildman–Crippen LogP) is 3.80. The molecule has 0 aliphatic carbocycles. The second-order valence-electron chi connectivity index (χ2n) is 7.03. The highest BCUT2D eigenvalue weighted by Gasteiger charge is 2.12. The molecule has 0 bridgehead atoms. The van der Waals surface area contributed by atoms with Crippen molar-refractivity contribution in [2.45, 2.75) is 38.5 Å². The molecule has 2 aromatic carbocycles. The van der Waals surface area contributed by atoms with Gasteiger partial charge >= 0.3 is 5.63 Å². The fraction of sp³-hybridized carbons (Fsp3) is 0.348. The fourth-order valence-electron chi connectivity index (χ4n) is 3.42. The summed E-state index contributed by atoms with van der Waals surface area (Å²) in [5.41, 5.74) is 3.46. The Kier molecular flexibility index (Phi) is 6.85. The molecule has 3 aromatic rings. The summed E-state index contributed by atoms with van der Waals surface area (Å²) in [6.07, 6.45) is 4.73. The Morgan fingerprint density at radius 1 is 0.821 bits per heavy atom. The first-order valence-corrected chi connectivity index (χ1v) is 9.73. The Morgan fingerprint density at radius 2 is 1.50 bits per heavy atom. The highest BCUT2D eigenvalue weighted by atomic mass is 16.4. The summed E-state index contributed by atoms with van der Waals surface area (Å²) in [4.78, 5) is 12.6. The standard InChI is InChI=1S/C23H26O5/c24-11-3-1-5-16-13-18(6-2-4-12-25)22-19(14-16)15-21(23(27)28-22)17-7-9-20(26)10-8-17/h7-10,13-15,24-26H,1-6,11-12H2. The van der Waals surface area contributed by atoms with Gasteiger partial charge < -0.3 is 19.7 Å². The molecule has 0 fully saturated rings. The SMILES string of the molecule is O=c1oc2c(CCCCO)cc(CCCCO)cc2cc1-c1ccc(O)cc1. The smallest absolute Gasteiger partial charge is 0.344 e. The molecule has 0 amide bonds. The highest BCUT2D eigenvalue weighted by molar-refractivity contribution is 5.85. The Hall–Kier alpha value is -2.63. The van der Waals surface area contributed by atoms with Gasteiger partial charge in [-0.3, -0.25) is 0 Å². The molecule has 0 radical (unpaired) electrons. The van der Waals surface area contributed by atoms with Crippen LogP contribution in [0.1, 0.15) is 36.8 Å². The van der Waals surface area contributed by atoms with Gasteiger partial charge in [0.1, 0.15) is 11.3 Å². The number of phenolic OH excluding ortho intramolecular Hbond substituents is 1. The Labute approximate surface area is 163 Å². The van der Waals surface area contributed by atoms with Crippen LogP contribution in [0.2, 0.25) is 0 Å². The van der Waals surface area contributed by atoms with Gasteiger partial charge in [0.15, 0.2) is 0 Å². The number of rotatable bonds is 9. The maximum absolute atomic E-state index is 12.6. The second kappa shape index (κ2) is 9.53. The molecule has 0 aliphatic heterocycles. The number of hydrogen-bond donors (Lipinski definition) is 3. The summed E-state index contributed by atoms with van der Waals surface area (Å²) >= 11 is 0. The zero-order valence-corrected chi connectivity index (χ0v) is 15.9. The van der Waals surface area contributed by atoms with E-state index in [1.54, 1.807) is 24.3 Å². The summed E-state index contributed by atoms with van der Waals surface area (Å²) in [5, 5.41) is 28.5. The van der Waals surface area contributed by atoms with Crippen molar-refractivity contribution in [2.24, 2.45) is 0 Å². The summed E-state index contributed by atoms with van der Waals surface area (Å²) < 4.78 is 5.70. The van der Waals surface area contributed by atoms with E-state index in [1.807, 2.05) is 12.1 Å². The van der Waals surface area contributed by atoms with Crippen LogP contribution >= 0.6 is 0 Å². The first-order chi connectivity index (χ1) is 13.6. The number of aromatic hydroxyl groups is 1. The van der Waals surface area contributed by atoms with E-state index in [0.29, 0.717) is 23.1 Å². The largest absolute Gasteiger partial charge is 0.508 e. The Bertz CT molecular complexity index is 973. The zero-order chi connectivity index (χ0) is 19.9. The quantitative estimate of drug-likeness (QED) is 0.387. The number of phenols is 1. The molecule has 5 nitrogen and oxygen atoms in total. The van der Waals surface area contributed by atoms with Crippen molar-refractivity contribution in [3.8, 4) is 16.9 Å². The third-order valence-electron chi connectivity index (χ3n) is 4.87. The van der Waals surface area contributed by atoms with E-state index in [4.69, 9.17) is 14.6 Å². The molecule has 3 N–H and O–H groups in total. The van der Waals surface area contributed by atoms with Crippen molar-refractivity contribution in [2.75, 3.05) is 13.2 Å². The predicted molar refractivity (Wildman–Crippen MR) is 110 cm³/mol. The molecule has 1 heterocycles. The molecule has 3 rings (SSSR count). The van der Waals surface area contributed by atoms with Crippen LogP contribution in [0.4, 0.5) is 0 Å². The number of fused-ring (bicyclic) bond motifs is 1. The van der Waals surface area contributed by atoms with E-state index in [1.165, 1.54) is 0 Å². The van der Waals surface area contributed by atoms with Gasteiger partial charge in [-0.2, -0.15) is 0 Å². The summed E-state index contributed by atoms with van der Waals surface area (Å²) in [5.74, 6) is 0.145. The fourth-order valence-corrected chi connectivity index (χ4v) is 3.42. The lowest BCUT2D eigenvalue weighted by atomic mass is 9.97. The normalized spacial score (nSPS) is 11.2. The molecule has 28 heavy (non-hydrogen) atoms. The van der Waals surface area contributed by atoms with Crippen LogP contribution in [0.25, 0.3) is 22.1 Å². The molecule has 0 atom stereocenters. The molecular weight excluding hydrogens is 356 g/mol. The maximum Gasteiger partial charge on any atom is 0.344 e. The average molecular weight is 382 g/mol. The van der Waals surface area contributed by atoms with Crippen molar-refractivity contribution in [1.29, 1.82) is 0 Å². The van der Waals surface area contributed by atoms with Crippen LogP contribution in [0.15, 0.2) is 51.7 Å². The van der Waals surface area contributed by atoms with Gasteiger partial charge in [-0.15, -0.1) is 0 Å². The summed E-state index contributed by atoms with van der Waals surface area (Å²) in [6.45, 7) is 0.319. The van der Waals surface area contributed by atoms with Crippen molar-refractivity contribution in [1.82, 2.24) is 0 Å². The average Bonchev–Trinajstić information content (AvgIpc) is 2.69. The van der Waals surface area contributed by atoms with Crippen molar-refractivity contribution < 1.29 is 19.7 Å². The van der Waals surface area contributed by atoms with Crippen molar-refractivity contribution in [3.05, 3.63) is 64.0 Å². The van der Waals surface area contributed by atoms with Gasteiger partial charge in [0.25, 0.3) is 0 Å². The summed E-state index contributed by atoms with van der Waals surface area (Å²) in [6, 6.07) is 12.4. The van der Waals surface area contributed by atoms with Crippen molar-refractivity contribution >= 4 is 11.0 Å². The van der Waals surface area contributed by atoms with Crippen LogP contribution in [-0.4, -0.2) is 28.5 Å². The number of benzene rings is 2. The highest BCUT2D eigenvalue weighted by Crippen LogP contribution is 2.27. The molecule has 0 unspecified atom stereocenters. The summed E-state index contributed by atoms with van der Waals surface area (Å²) in [7, 11) is 0. The first kappa shape index (κ1) is 20.1. The maximum atomic E-state index is 12.6. The number of unbranched alkanes of at least 4 members (excludes halogenated alkanes) is 2. The number of aryl methyl sites for hydroxylation is 2. The van der Waals surface area contributed by atoms with Crippen LogP contribution < -0.4 is 5.63 Å². The zero-order valence-electron chi connectivity index (χ0n) is 15.9. The molecule has 0 spiro atoms. The van der Waals surface area contributed by atoms with Crippen LogP contribution in [0.5, 0.6) is 5.75 Å². The third-order valence-corrected chi connectivity index (χ3v) is 4.87. The van der Waals surface area contributed by atoms with Gasteiger partial charge in [-0.25, -0.2) is 4.79 Å². The lowest BCUT2D eigenvalue weighted by molar-refractivity contribution is 0.284. The monoisotopic (exact) mass is 382 g/mol. The van der Waals surface area contributed by atoms with E-state index in [2.05, 4.69) is 6.07 Å². The molecule has 1 aromatic heterocycles. The van der Waals surface area contributed by atoms with E-state index >= 15 is 0 Å². The topological polar surface area (TPSA) is 90.9 Å². The van der Waals surface area contributed by atoms with E-state index in [9.17, 15) is 9.90 Å². The third kappa shape index (κ3) is 4.80. The number of aliphatic hydroxyl groups is 2. The minimum absolute atomic E-state index is 0.142. The Morgan fingerprint density at radius 3 is 2.18 bits per heavy atom. The van der Waals surface area contributed by atoms with Crippen LogP contribution in [0.3, 0.4) is 0 Å². The molecular formula is C23H26O5. The van der Waals surface area contributed by atoms with Gasteiger partial charge in [-0.1, -0.05) is 18.2 Å². The van der Waals surface area contributed by atoms with E-state index < -0.39 is 5.63 Å². The van der Waals surface area contributed by atoms with Gasteiger partial charge in [-0.05, 0) is 79.5 Å². The number of hydrogen-bond acceptors (Lipinski definition) is 5. The lowest BCUT2D eigenvalue weighted by Crippen LogP contribution is -2.05. The van der Waals surface area contributed by atoms with E-state index in [-0.39, 0.29) is 19.0 Å². The molecule has 0 aliphatic rings. The molecule has 148 valence electrons. The number of aliphatic hydroxyl groups excluding tert-OH is 2.